The number of imide groups is 1. The van der Waals surface area contributed by atoms with Gasteiger partial charge in [0.1, 0.15) is 5.54 Å². The molecule has 0 spiro atoms. The maximum Gasteiger partial charge on any atom is 0.322 e. The minimum absolute atomic E-state index is 0.200. The minimum atomic E-state index is -0.852. The lowest BCUT2D eigenvalue weighted by molar-refractivity contribution is -0.126. The molecule has 1 saturated carbocycles. The van der Waals surface area contributed by atoms with Crippen molar-refractivity contribution in [2.45, 2.75) is 31.2 Å². The third-order valence-corrected chi connectivity index (χ3v) is 4.09. The average molecular weight is 244 g/mol. The van der Waals surface area contributed by atoms with Gasteiger partial charge in [0.25, 0.3) is 5.91 Å². The van der Waals surface area contributed by atoms with Crippen LogP contribution in [0.2, 0.25) is 0 Å². The molecule has 0 bridgehead atoms. The van der Waals surface area contributed by atoms with Gasteiger partial charge in [-0.05, 0) is 24.3 Å². The summed E-state index contributed by atoms with van der Waals surface area (Å²) in [5.74, 6) is -0.00282. The molecule has 1 atom stereocenters. The molecule has 1 heterocycles. The fourth-order valence-corrected chi connectivity index (χ4v) is 3.26. The Hall–Kier alpha value is -1.84. The van der Waals surface area contributed by atoms with Crippen LogP contribution in [0.1, 0.15) is 31.2 Å². The number of hydrogen-bond donors (Lipinski definition) is 2. The predicted molar refractivity (Wildman–Crippen MR) is 66.8 cm³/mol. The molecule has 2 fully saturated rings. The fraction of sp³-hybridized carbons (Fsp3) is 0.429. The third-order valence-electron chi connectivity index (χ3n) is 4.09. The van der Waals surface area contributed by atoms with Gasteiger partial charge in [-0.15, -0.1) is 0 Å². The molecule has 3 rings (SSSR count). The third kappa shape index (κ3) is 1.52. The van der Waals surface area contributed by atoms with Crippen molar-refractivity contribution in [1.29, 1.82) is 0 Å². The molecule has 2 aliphatic rings. The van der Waals surface area contributed by atoms with E-state index in [1.165, 1.54) is 0 Å². The Labute approximate surface area is 106 Å². The highest BCUT2D eigenvalue weighted by Gasteiger charge is 2.53. The highest BCUT2D eigenvalue weighted by molar-refractivity contribution is 6.07. The van der Waals surface area contributed by atoms with Gasteiger partial charge < -0.3 is 5.32 Å². The van der Waals surface area contributed by atoms with Crippen LogP contribution in [0, 0.1) is 5.92 Å². The predicted octanol–water partition coefficient (Wildman–Crippen LogP) is 1.91. The maximum atomic E-state index is 12.3. The number of amides is 3. The molecule has 0 unspecified atom stereocenters. The van der Waals surface area contributed by atoms with Gasteiger partial charge in [-0.3, -0.25) is 10.1 Å². The van der Waals surface area contributed by atoms with Crippen molar-refractivity contribution in [2.75, 3.05) is 0 Å². The van der Waals surface area contributed by atoms with E-state index in [4.69, 9.17) is 0 Å². The first-order valence-electron chi connectivity index (χ1n) is 6.42. The summed E-state index contributed by atoms with van der Waals surface area (Å²) in [5, 5.41) is 5.27. The van der Waals surface area contributed by atoms with Crippen LogP contribution >= 0.6 is 0 Å². The van der Waals surface area contributed by atoms with E-state index < -0.39 is 5.54 Å². The Morgan fingerprint density at radius 2 is 1.72 bits per heavy atom. The summed E-state index contributed by atoms with van der Waals surface area (Å²) >= 11 is 0. The second-order valence-corrected chi connectivity index (χ2v) is 5.06. The van der Waals surface area contributed by atoms with Crippen molar-refractivity contribution in [1.82, 2.24) is 10.6 Å². The first-order chi connectivity index (χ1) is 8.73. The normalized spacial score (nSPS) is 28.2. The molecule has 1 aromatic rings. The molecule has 1 saturated heterocycles. The number of carbonyl (C=O) groups is 2. The Kier molecular flexibility index (Phi) is 2.58. The molecular weight excluding hydrogens is 228 g/mol. The maximum absolute atomic E-state index is 12.3. The zero-order valence-corrected chi connectivity index (χ0v) is 10.1. The quantitative estimate of drug-likeness (QED) is 0.781. The lowest BCUT2D eigenvalue weighted by Crippen LogP contribution is -2.49. The topological polar surface area (TPSA) is 58.2 Å². The van der Waals surface area contributed by atoms with Gasteiger partial charge in [-0.2, -0.15) is 0 Å². The van der Waals surface area contributed by atoms with E-state index in [0.717, 1.165) is 31.2 Å². The Morgan fingerprint density at radius 1 is 1.06 bits per heavy atom. The van der Waals surface area contributed by atoms with Crippen molar-refractivity contribution in [3.63, 3.8) is 0 Å². The molecule has 4 nitrogen and oxygen atoms in total. The van der Waals surface area contributed by atoms with E-state index in [1.807, 2.05) is 30.3 Å². The van der Waals surface area contributed by atoms with Crippen LogP contribution < -0.4 is 10.6 Å². The van der Waals surface area contributed by atoms with E-state index in [-0.39, 0.29) is 17.9 Å². The highest BCUT2D eigenvalue weighted by Crippen LogP contribution is 2.42. The van der Waals surface area contributed by atoms with Crippen LogP contribution in [0.25, 0.3) is 0 Å². The van der Waals surface area contributed by atoms with E-state index in [0.29, 0.717) is 0 Å². The van der Waals surface area contributed by atoms with Gasteiger partial charge in [0.15, 0.2) is 0 Å². The van der Waals surface area contributed by atoms with Crippen molar-refractivity contribution >= 4 is 11.9 Å². The van der Waals surface area contributed by atoms with E-state index in [2.05, 4.69) is 10.6 Å². The number of carbonyl (C=O) groups excluding carboxylic acids is 2. The second-order valence-electron chi connectivity index (χ2n) is 5.06. The molecule has 0 aromatic heterocycles. The van der Waals surface area contributed by atoms with Gasteiger partial charge >= 0.3 is 6.03 Å². The standard InChI is InChI=1S/C14H16N2O2/c17-12-14(16-13(18)15-12,11-8-4-5-9-11)10-6-2-1-3-7-10/h1-3,6-7,11H,4-5,8-9H2,(H2,15,16,17,18)/t14-/m0/s1. The summed E-state index contributed by atoms with van der Waals surface area (Å²) in [5.41, 5.74) is 0.0368. The molecule has 0 radical (unpaired) electrons. The van der Waals surface area contributed by atoms with Crippen LogP contribution in [0.3, 0.4) is 0 Å². The molecule has 94 valence electrons. The molecule has 1 aliphatic carbocycles. The summed E-state index contributed by atoms with van der Waals surface area (Å²) in [4.78, 5) is 23.9. The zero-order chi connectivity index (χ0) is 12.6. The Bertz CT molecular complexity index is 480. The van der Waals surface area contributed by atoms with Crippen LogP contribution in [-0.2, 0) is 10.3 Å². The zero-order valence-electron chi connectivity index (χ0n) is 10.1. The van der Waals surface area contributed by atoms with Crippen LogP contribution in [0.5, 0.6) is 0 Å². The summed E-state index contributed by atoms with van der Waals surface area (Å²) in [7, 11) is 0. The lowest BCUT2D eigenvalue weighted by Gasteiger charge is -2.32. The highest BCUT2D eigenvalue weighted by atomic mass is 16.2. The Morgan fingerprint density at radius 3 is 2.28 bits per heavy atom. The second kappa shape index (κ2) is 4.12. The lowest BCUT2D eigenvalue weighted by atomic mass is 9.77. The molecule has 18 heavy (non-hydrogen) atoms. The summed E-state index contributed by atoms with van der Waals surface area (Å²) in [6.45, 7) is 0. The molecular formula is C14H16N2O2. The SMILES string of the molecule is O=C1NC(=O)[C@](c2ccccc2)(C2CCCC2)N1. The molecule has 4 heteroatoms. The number of rotatable bonds is 2. The molecule has 1 aromatic carbocycles. The number of benzene rings is 1. The fourth-order valence-electron chi connectivity index (χ4n) is 3.26. The van der Waals surface area contributed by atoms with E-state index in [9.17, 15) is 9.59 Å². The van der Waals surface area contributed by atoms with Gasteiger partial charge in [-0.1, -0.05) is 43.2 Å². The van der Waals surface area contributed by atoms with E-state index >= 15 is 0 Å². The average Bonchev–Trinajstić information content (AvgIpc) is 2.99. The summed E-state index contributed by atoms with van der Waals surface area (Å²) < 4.78 is 0. The minimum Gasteiger partial charge on any atom is -0.319 e. The van der Waals surface area contributed by atoms with Gasteiger partial charge in [-0.25, -0.2) is 4.79 Å². The largest absolute Gasteiger partial charge is 0.322 e. The first-order valence-corrected chi connectivity index (χ1v) is 6.42. The molecule has 2 N–H and O–H groups in total. The molecule has 1 aliphatic heterocycles. The smallest absolute Gasteiger partial charge is 0.319 e. The van der Waals surface area contributed by atoms with Gasteiger partial charge in [0, 0.05) is 0 Å². The van der Waals surface area contributed by atoms with Crippen molar-refractivity contribution in [3.8, 4) is 0 Å². The Balaban J connectivity index is 2.08. The number of urea groups is 1. The first kappa shape index (κ1) is 11.3. The summed E-state index contributed by atoms with van der Waals surface area (Å²) in [6.07, 6.45) is 4.23. The van der Waals surface area contributed by atoms with Crippen molar-refractivity contribution < 1.29 is 9.59 Å². The van der Waals surface area contributed by atoms with E-state index in [1.54, 1.807) is 0 Å². The van der Waals surface area contributed by atoms with Crippen LogP contribution in [-0.4, -0.2) is 11.9 Å². The molecule has 3 amide bonds. The monoisotopic (exact) mass is 244 g/mol. The summed E-state index contributed by atoms with van der Waals surface area (Å²) in [6, 6.07) is 9.19. The van der Waals surface area contributed by atoms with Gasteiger partial charge in [0.2, 0.25) is 0 Å². The number of hydrogen-bond acceptors (Lipinski definition) is 2. The van der Waals surface area contributed by atoms with Gasteiger partial charge in [0.05, 0.1) is 0 Å². The van der Waals surface area contributed by atoms with Crippen LogP contribution in [0.15, 0.2) is 30.3 Å². The van der Waals surface area contributed by atoms with Crippen LogP contribution in [0.4, 0.5) is 4.79 Å². The number of nitrogens with one attached hydrogen (secondary N) is 2. The van der Waals surface area contributed by atoms with Crippen molar-refractivity contribution in [2.24, 2.45) is 5.92 Å². The van der Waals surface area contributed by atoms with Crippen molar-refractivity contribution in [3.05, 3.63) is 35.9 Å².